The molecular weight excluding hydrogens is 296 g/mol. The first kappa shape index (κ1) is 20.9. The van der Waals surface area contributed by atoms with Crippen LogP contribution in [0.2, 0.25) is 0 Å². The van der Waals surface area contributed by atoms with Crippen LogP contribution in [0.1, 0.15) is 93.2 Å². The highest BCUT2D eigenvalue weighted by Crippen LogP contribution is 2.53. The summed E-state index contributed by atoms with van der Waals surface area (Å²) in [5.41, 5.74) is 1.16. The predicted octanol–water partition coefficient (Wildman–Crippen LogP) is 6.53. The summed E-state index contributed by atoms with van der Waals surface area (Å²) in [6.45, 7) is 21.9. The van der Waals surface area contributed by atoms with Gasteiger partial charge in [0.25, 0.3) is 0 Å². The Morgan fingerprint density at radius 1 is 0.667 bits per heavy atom. The second kappa shape index (κ2) is 6.28. The normalized spacial score (nSPS) is 14.1. The van der Waals surface area contributed by atoms with Crippen molar-refractivity contribution in [3.05, 3.63) is 23.3 Å². The van der Waals surface area contributed by atoms with Gasteiger partial charge in [-0.2, -0.15) is 0 Å². The Labute approximate surface area is 149 Å². The number of hydrogen-bond acceptors (Lipinski definition) is 2. The highest BCUT2D eigenvalue weighted by Gasteiger charge is 2.43. The molecule has 0 unspecified atom stereocenters. The molecule has 1 aromatic rings. The second-order valence-corrected chi connectivity index (χ2v) is 9.61. The summed E-state index contributed by atoms with van der Waals surface area (Å²) < 4.78 is 0. The molecule has 0 fully saturated rings. The average Bonchev–Trinajstić information content (AvgIpc) is 2.48. The first-order valence-electron chi connectivity index (χ1n) is 9.22. The summed E-state index contributed by atoms with van der Waals surface area (Å²) in [7, 11) is 0. The molecule has 2 heteroatoms. The fourth-order valence-electron chi connectivity index (χ4n) is 3.19. The number of benzene rings is 1. The largest absolute Gasteiger partial charge is 0.508 e. The molecule has 0 amide bonds. The highest BCUT2D eigenvalue weighted by molar-refractivity contribution is 5.53. The lowest BCUT2D eigenvalue weighted by atomic mass is 9.59. The third kappa shape index (κ3) is 3.17. The number of phenolic OH excluding ortho intramolecular Hbond substituents is 2. The fraction of sp³-hybridized carbons (Fsp3) is 0.727. The Morgan fingerprint density at radius 2 is 0.958 bits per heavy atom. The van der Waals surface area contributed by atoms with E-state index in [-0.39, 0.29) is 27.4 Å². The first-order chi connectivity index (χ1) is 10.7. The van der Waals surface area contributed by atoms with E-state index in [1.54, 1.807) is 12.1 Å². The molecule has 0 saturated heterocycles. The van der Waals surface area contributed by atoms with Gasteiger partial charge in [-0.3, -0.25) is 0 Å². The topological polar surface area (TPSA) is 40.5 Å². The lowest BCUT2D eigenvalue weighted by Gasteiger charge is -2.45. The summed E-state index contributed by atoms with van der Waals surface area (Å²) in [6.07, 6.45) is 1.99. The van der Waals surface area contributed by atoms with Gasteiger partial charge in [0.05, 0.1) is 0 Å². The van der Waals surface area contributed by atoms with Gasteiger partial charge in [-0.25, -0.2) is 0 Å². The molecule has 1 aromatic carbocycles. The van der Waals surface area contributed by atoms with Gasteiger partial charge in [0.1, 0.15) is 11.5 Å². The van der Waals surface area contributed by atoms with Crippen molar-refractivity contribution in [1.82, 2.24) is 0 Å². The average molecular weight is 335 g/mol. The molecular formula is C22H38O2. The monoisotopic (exact) mass is 334 g/mol. The van der Waals surface area contributed by atoms with Crippen LogP contribution >= 0.6 is 0 Å². The fourth-order valence-corrected chi connectivity index (χ4v) is 3.19. The second-order valence-electron chi connectivity index (χ2n) is 9.61. The van der Waals surface area contributed by atoms with Crippen molar-refractivity contribution in [2.75, 3.05) is 0 Å². The van der Waals surface area contributed by atoms with E-state index < -0.39 is 0 Å². The van der Waals surface area contributed by atoms with E-state index in [1.807, 2.05) is 0 Å². The van der Waals surface area contributed by atoms with E-state index >= 15 is 0 Å². The van der Waals surface area contributed by atoms with Crippen molar-refractivity contribution >= 4 is 0 Å². The molecule has 138 valence electrons. The zero-order chi connectivity index (χ0) is 19.1. The molecule has 0 radical (unpaired) electrons. The van der Waals surface area contributed by atoms with E-state index in [0.29, 0.717) is 5.75 Å². The van der Waals surface area contributed by atoms with Crippen molar-refractivity contribution in [1.29, 1.82) is 0 Å². The third-order valence-corrected chi connectivity index (χ3v) is 7.59. The molecule has 24 heavy (non-hydrogen) atoms. The maximum Gasteiger partial charge on any atom is 0.123 e. The Morgan fingerprint density at radius 3 is 1.21 bits per heavy atom. The number of rotatable bonds is 6. The van der Waals surface area contributed by atoms with Gasteiger partial charge in [-0.05, 0) is 33.8 Å². The number of aromatic hydroxyl groups is 2. The van der Waals surface area contributed by atoms with Crippen molar-refractivity contribution in [3.8, 4) is 11.5 Å². The molecule has 0 aromatic heterocycles. The van der Waals surface area contributed by atoms with Crippen molar-refractivity contribution in [2.24, 2.45) is 10.8 Å². The molecule has 1 rings (SSSR count). The molecule has 0 aliphatic rings. The molecule has 0 aliphatic heterocycles. The van der Waals surface area contributed by atoms with Gasteiger partial charge in [-0.15, -0.1) is 0 Å². The van der Waals surface area contributed by atoms with Crippen LogP contribution in [0.4, 0.5) is 0 Å². The smallest absolute Gasteiger partial charge is 0.123 e. The lowest BCUT2D eigenvalue weighted by Crippen LogP contribution is -2.38. The Balaban J connectivity index is 3.70. The van der Waals surface area contributed by atoms with Gasteiger partial charge in [0.2, 0.25) is 0 Å². The van der Waals surface area contributed by atoms with Gasteiger partial charge in [-0.1, -0.05) is 82.1 Å². The minimum absolute atomic E-state index is 0.0000393. The summed E-state index contributed by atoms with van der Waals surface area (Å²) in [4.78, 5) is 0. The molecule has 0 spiro atoms. The molecule has 0 saturated carbocycles. The minimum atomic E-state index is -0.258. The Kier molecular flexibility index (Phi) is 5.46. The van der Waals surface area contributed by atoms with Crippen LogP contribution in [0.5, 0.6) is 11.5 Å². The zero-order valence-corrected chi connectivity index (χ0v) is 17.5. The van der Waals surface area contributed by atoms with Crippen LogP contribution in [0.25, 0.3) is 0 Å². The summed E-state index contributed by atoms with van der Waals surface area (Å²) in [5.74, 6) is 0.573. The van der Waals surface area contributed by atoms with Crippen LogP contribution in [0.3, 0.4) is 0 Å². The predicted molar refractivity (Wildman–Crippen MR) is 104 cm³/mol. The van der Waals surface area contributed by atoms with Crippen molar-refractivity contribution < 1.29 is 10.2 Å². The van der Waals surface area contributed by atoms with Crippen LogP contribution in [-0.2, 0) is 10.8 Å². The Bertz CT molecular complexity index is 543. The van der Waals surface area contributed by atoms with E-state index in [2.05, 4.69) is 69.2 Å². The molecule has 0 atom stereocenters. The van der Waals surface area contributed by atoms with Crippen LogP contribution in [0.15, 0.2) is 12.1 Å². The van der Waals surface area contributed by atoms with Crippen molar-refractivity contribution in [2.45, 2.75) is 92.9 Å². The van der Waals surface area contributed by atoms with E-state index in [4.69, 9.17) is 0 Å². The maximum absolute atomic E-state index is 11.2. The lowest BCUT2D eigenvalue weighted by molar-refractivity contribution is 0.173. The first-order valence-corrected chi connectivity index (χ1v) is 9.22. The number of phenols is 2. The quantitative estimate of drug-likeness (QED) is 0.581. The van der Waals surface area contributed by atoms with Crippen LogP contribution in [-0.4, -0.2) is 10.2 Å². The van der Waals surface area contributed by atoms with Gasteiger partial charge < -0.3 is 10.2 Å². The molecule has 0 bridgehead atoms. The zero-order valence-electron chi connectivity index (χ0n) is 17.5. The molecule has 2 N–H and O–H groups in total. The van der Waals surface area contributed by atoms with Crippen LogP contribution < -0.4 is 0 Å². The van der Waals surface area contributed by atoms with E-state index in [0.717, 1.165) is 24.0 Å². The highest BCUT2D eigenvalue weighted by atomic mass is 16.3. The van der Waals surface area contributed by atoms with Gasteiger partial charge in [0, 0.05) is 11.1 Å². The molecule has 0 aliphatic carbocycles. The number of hydrogen-bond donors (Lipinski definition) is 2. The summed E-state index contributed by atoms with van der Waals surface area (Å²) in [6, 6.07) is 3.48. The van der Waals surface area contributed by atoms with Crippen LogP contribution in [0, 0.1) is 10.8 Å². The van der Waals surface area contributed by atoms with Crippen molar-refractivity contribution in [3.63, 3.8) is 0 Å². The molecule has 2 nitrogen and oxygen atoms in total. The maximum atomic E-state index is 11.2. The third-order valence-electron chi connectivity index (χ3n) is 7.59. The summed E-state index contributed by atoms with van der Waals surface area (Å²) in [5, 5.41) is 21.6. The standard InChI is InChI=1S/C22H38O2/c1-11-19(3,4)21(7,8)16-13-15(23)14-17(18(16)24)22(9,10)20(5,6)12-2/h13-14,23-24H,11-12H2,1-10H3. The SMILES string of the molecule is CCC(C)(C)C(C)(C)c1cc(O)cc(C(C)(C)C(C)(C)CC)c1O. The summed E-state index contributed by atoms with van der Waals surface area (Å²) >= 11 is 0. The van der Waals surface area contributed by atoms with E-state index in [9.17, 15) is 10.2 Å². The van der Waals surface area contributed by atoms with Gasteiger partial charge >= 0.3 is 0 Å². The van der Waals surface area contributed by atoms with E-state index in [1.165, 1.54) is 0 Å². The minimum Gasteiger partial charge on any atom is -0.508 e. The van der Waals surface area contributed by atoms with Gasteiger partial charge in [0.15, 0.2) is 0 Å². The Hall–Kier alpha value is -1.18. The molecule has 0 heterocycles.